The molecular weight excluding hydrogens is 278 g/mol. The molecule has 6 heteroatoms. The Kier molecular flexibility index (Phi) is 4.67. The van der Waals surface area contributed by atoms with Crippen LogP contribution in [0.2, 0.25) is 0 Å². The van der Waals surface area contributed by atoms with Crippen LogP contribution in [0, 0.1) is 18.6 Å². The number of hydrogen-bond acceptors (Lipinski definition) is 4. The lowest BCUT2D eigenvalue weighted by atomic mass is 10.0. The first-order valence-corrected chi connectivity index (χ1v) is 6.43. The highest BCUT2D eigenvalue weighted by atomic mass is 19.1. The molecule has 2 rings (SSSR count). The van der Waals surface area contributed by atoms with Gasteiger partial charge in [0.1, 0.15) is 5.82 Å². The van der Waals surface area contributed by atoms with Crippen molar-refractivity contribution in [2.24, 2.45) is 0 Å². The van der Waals surface area contributed by atoms with E-state index < -0.39 is 11.6 Å². The lowest BCUT2D eigenvalue weighted by Gasteiger charge is -2.12. The third kappa shape index (κ3) is 3.26. The fourth-order valence-corrected chi connectivity index (χ4v) is 1.97. The first-order chi connectivity index (χ1) is 10.1. The van der Waals surface area contributed by atoms with Crippen LogP contribution >= 0.6 is 0 Å². The van der Waals surface area contributed by atoms with Crippen LogP contribution in [0.1, 0.15) is 17.0 Å². The number of benzene rings is 1. The quantitative estimate of drug-likeness (QED) is 0.850. The third-order valence-corrected chi connectivity index (χ3v) is 3.16. The third-order valence-electron chi connectivity index (χ3n) is 3.16. The summed E-state index contributed by atoms with van der Waals surface area (Å²) in [5.74, 6) is -0.835. The van der Waals surface area contributed by atoms with Gasteiger partial charge in [0.2, 0.25) is 0 Å². The molecule has 112 valence electrons. The Bertz CT molecular complexity index is 602. The Morgan fingerprint density at radius 3 is 1.95 bits per heavy atom. The van der Waals surface area contributed by atoms with E-state index in [-0.39, 0.29) is 23.5 Å². The van der Waals surface area contributed by atoms with Gasteiger partial charge in [0, 0.05) is 24.0 Å². The van der Waals surface area contributed by atoms with Crippen molar-refractivity contribution >= 4 is 0 Å². The highest BCUT2D eigenvalue weighted by Crippen LogP contribution is 2.31. The summed E-state index contributed by atoms with van der Waals surface area (Å²) >= 11 is 0. The molecular formula is C15H16F2N2O2. The van der Waals surface area contributed by atoms with Crippen LogP contribution in [0.3, 0.4) is 0 Å². The van der Waals surface area contributed by atoms with Gasteiger partial charge < -0.3 is 9.47 Å². The van der Waals surface area contributed by atoms with Gasteiger partial charge >= 0.3 is 0 Å². The zero-order valence-corrected chi connectivity index (χ0v) is 12.1. The van der Waals surface area contributed by atoms with Crippen molar-refractivity contribution in [3.05, 3.63) is 47.0 Å². The highest BCUT2D eigenvalue weighted by Gasteiger charge is 2.19. The van der Waals surface area contributed by atoms with E-state index in [1.807, 2.05) is 0 Å². The maximum absolute atomic E-state index is 14.2. The average molecular weight is 294 g/mol. The van der Waals surface area contributed by atoms with E-state index >= 15 is 0 Å². The Hall–Kier alpha value is -2.24. The number of methoxy groups -OCH3 is 2. The maximum atomic E-state index is 14.2. The molecule has 0 aliphatic heterocycles. The number of hydrogen-bond donors (Lipinski definition) is 0. The highest BCUT2D eigenvalue weighted by molar-refractivity contribution is 5.42. The molecule has 0 spiro atoms. The monoisotopic (exact) mass is 294 g/mol. The van der Waals surface area contributed by atoms with Crippen molar-refractivity contribution in [3.8, 4) is 11.5 Å². The Morgan fingerprint density at radius 1 is 0.952 bits per heavy atom. The summed E-state index contributed by atoms with van der Waals surface area (Å²) in [5.41, 5.74) is 0.743. The van der Waals surface area contributed by atoms with Crippen molar-refractivity contribution in [2.75, 3.05) is 14.2 Å². The number of nitrogens with zero attached hydrogens (tertiary/aromatic N) is 2. The SMILES string of the molecule is COc1cc(OC)c(F)c(CCc2cnc(C)nc2)c1F. The van der Waals surface area contributed by atoms with Crippen LogP contribution in [-0.4, -0.2) is 24.2 Å². The number of aryl methyl sites for hydroxylation is 2. The predicted octanol–water partition coefficient (Wildman–Crippen LogP) is 2.87. The van der Waals surface area contributed by atoms with E-state index in [2.05, 4.69) is 9.97 Å². The topological polar surface area (TPSA) is 44.2 Å². The maximum Gasteiger partial charge on any atom is 0.171 e. The summed E-state index contributed by atoms with van der Waals surface area (Å²) in [6, 6.07) is 1.20. The average Bonchev–Trinajstić information content (AvgIpc) is 2.49. The van der Waals surface area contributed by atoms with Crippen LogP contribution in [-0.2, 0) is 12.8 Å². The van der Waals surface area contributed by atoms with Gasteiger partial charge in [-0.1, -0.05) is 0 Å². The van der Waals surface area contributed by atoms with Crippen LogP contribution in [0.15, 0.2) is 18.5 Å². The number of aromatic nitrogens is 2. The zero-order valence-electron chi connectivity index (χ0n) is 12.1. The largest absolute Gasteiger partial charge is 0.494 e. The Balaban J connectivity index is 2.28. The second kappa shape index (κ2) is 6.47. The number of ether oxygens (including phenoxy) is 2. The van der Waals surface area contributed by atoms with Crippen molar-refractivity contribution in [3.63, 3.8) is 0 Å². The normalized spacial score (nSPS) is 10.5. The fourth-order valence-electron chi connectivity index (χ4n) is 1.97. The summed E-state index contributed by atoms with van der Waals surface area (Å²) in [6.07, 6.45) is 3.88. The van der Waals surface area contributed by atoms with Gasteiger partial charge in [0.15, 0.2) is 23.1 Å². The van der Waals surface area contributed by atoms with Crippen LogP contribution in [0.5, 0.6) is 11.5 Å². The number of rotatable bonds is 5. The van der Waals surface area contributed by atoms with E-state index in [4.69, 9.17) is 9.47 Å². The minimum absolute atomic E-state index is 0.0385. The summed E-state index contributed by atoms with van der Waals surface area (Å²) in [7, 11) is 2.65. The van der Waals surface area contributed by atoms with E-state index in [0.29, 0.717) is 12.2 Å². The van der Waals surface area contributed by atoms with Crippen molar-refractivity contribution < 1.29 is 18.3 Å². The molecule has 2 aromatic rings. The van der Waals surface area contributed by atoms with Gasteiger partial charge in [-0.05, 0) is 25.3 Å². The van der Waals surface area contributed by atoms with Crippen LogP contribution in [0.4, 0.5) is 8.78 Å². The summed E-state index contributed by atoms with van der Waals surface area (Å²) in [6.45, 7) is 1.77. The molecule has 0 aliphatic carbocycles. The molecule has 1 aromatic carbocycles. The minimum Gasteiger partial charge on any atom is -0.494 e. The van der Waals surface area contributed by atoms with E-state index in [1.54, 1.807) is 19.3 Å². The molecule has 0 aliphatic rings. The Morgan fingerprint density at radius 2 is 1.48 bits per heavy atom. The predicted molar refractivity (Wildman–Crippen MR) is 73.6 cm³/mol. The molecule has 21 heavy (non-hydrogen) atoms. The van der Waals surface area contributed by atoms with Crippen molar-refractivity contribution in [1.82, 2.24) is 9.97 Å². The van der Waals surface area contributed by atoms with Gasteiger partial charge in [-0.2, -0.15) is 0 Å². The molecule has 0 unspecified atom stereocenters. The first-order valence-electron chi connectivity index (χ1n) is 6.43. The lowest BCUT2D eigenvalue weighted by Crippen LogP contribution is -2.04. The number of halogens is 2. The summed E-state index contributed by atoms with van der Waals surface area (Å²) in [4.78, 5) is 8.11. The van der Waals surface area contributed by atoms with E-state index in [0.717, 1.165) is 5.56 Å². The smallest absolute Gasteiger partial charge is 0.171 e. The molecule has 0 bridgehead atoms. The van der Waals surface area contributed by atoms with Crippen molar-refractivity contribution in [1.29, 1.82) is 0 Å². The van der Waals surface area contributed by atoms with Gasteiger partial charge in [-0.15, -0.1) is 0 Å². The van der Waals surface area contributed by atoms with Crippen molar-refractivity contribution in [2.45, 2.75) is 19.8 Å². The lowest BCUT2D eigenvalue weighted by molar-refractivity contribution is 0.353. The summed E-state index contributed by atoms with van der Waals surface area (Å²) in [5, 5.41) is 0. The molecule has 4 nitrogen and oxygen atoms in total. The molecule has 0 fully saturated rings. The standard InChI is InChI=1S/C15H16F2N2O2/c1-9-18-7-10(8-19-9)4-5-11-14(16)12(20-2)6-13(21-3)15(11)17/h6-8H,4-5H2,1-3H3. The molecule has 0 atom stereocenters. The van der Waals surface area contributed by atoms with E-state index in [1.165, 1.54) is 20.3 Å². The fraction of sp³-hybridized carbons (Fsp3) is 0.333. The van der Waals surface area contributed by atoms with Crippen LogP contribution < -0.4 is 9.47 Å². The molecule has 0 radical (unpaired) electrons. The molecule has 0 amide bonds. The Labute approximate surface area is 121 Å². The molecule has 1 heterocycles. The molecule has 1 aromatic heterocycles. The van der Waals surface area contributed by atoms with Gasteiger partial charge in [0.25, 0.3) is 0 Å². The van der Waals surface area contributed by atoms with E-state index in [9.17, 15) is 8.78 Å². The second-order valence-electron chi connectivity index (χ2n) is 4.53. The first kappa shape index (κ1) is 15.2. The van der Waals surface area contributed by atoms with Gasteiger partial charge in [-0.3, -0.25) is 0 Å². The zero-order chi connectivity index (χ0) is 15.4. The molecule has 0 saturated carbocycles. The minimum atomic E-state index is -0.705. The van der Waals surface area contributed by atoms with Gasteiger partial charge in [0.05, 0.1) is 14.2 Å². The molecule has 0 saturated heterocycles. The van der Waals surface area contributed by atoms with Gasteiger partial charge in [-0.25, -0.2) is 18.7 Å². The molecule has 0 N–H and O–H groups in total. The second-order valence-corrected chi connectivity index (χ2v) is 4.53. The van der Waals surface area contributed by atoms with Crippen LogP contribution in [0.25, 0.3) is 0 Å². The summed E-state index contributed by atoms with van der Waals surface area (Å²) < 4.78 is 38.1.